The predicted molar refractivity (Wildman–Crippen MR) is 183 cm³/mol. The lowest BCUT2D eigenvalue weighted by Crippen LogP contribution is -2.71. The van der Waals surface area contributed by atoms with Crippen molar-refractivity contribution in [2.45, 2.75) is 56.9 Å². The summed E-state index contributed by atoms with van der Waals surface area (Å²) in [5, 5.41) is 7.67. The summed E-state index contributed by atoms with van der Waals surface area (Å²) in [5.41, 5.74) is 6.97. The van der Waals surface area contributed by atoms with E-state index in [1.54, 1.807) is 20.8 Å². The molecule has 2 unspecified atom stereocenters. The Kier molecular flexibility index (Phi) is 10.3. The molecule has 5 rings (SSSR count). The fourth-order valence-corrected chi connectivity index (χ4v) is 6.79. The van der Waals surface area contributed by atoms with E-state index in [0.29, 0.717) is 11.3 Å². The number of hydrogen-bond donors (Lipinski definition) is 2. The van der Waals surface area contributed by atoms with Crippen molar-refractivity contribution in [1.29, 1.82) is 0 Å². The van der Waals surface area contributed by atoms with Crippen LogP contribution in [0.25, 0.3) is 0 Å². The fraction of sp³-hybridized carbons (Fsp3) is 0.294. The van der Waals surface area contributed by atoms with Gasteiger partial charge < -0.3 is 25.4 Å². The van der Waals surface area contributed by atoms with Crippen molar-refractivity contribution < 1.29 is 33.5 Å². The van der Waals surface area contributed by atoms with E-state index in [1.165, 1.54) is 35.0 Å². The summed E-state index contributed by atoms with van der Waals surface area (Å²) in [7, 11) is 0. The number of nitrogens with zero attached hydrogens (tertiary/aromatic N) is 3. The van der Waals surface area contributed by atoms with Gasteiger partial charge in [0.25, 0.3) is 11.8 Å². The molecule has 0 aliphatic carbocycles. The topological polar surface area (TPSA) is 163 Å². The van der Waals surface area contributed by atoms with Crippen LogP contribution >= 0.6 is 23.1 Å². The summed E-state index contributed by atoms with van der Waals surface area (Å²) < 4.78 is 11.4. The van der Waals surface area contributed by atoms with Crippen LogP contribution in [-0.2, 0) is 33.5 Å². The van der Waals surface area contributed by atoms with Gasteiger partial charge in [-0.1, -0.05) is 78.5 Å². The Morgan fingerprint density at radius 2 is 1.73 bits per heavy atom. The van der Waals surface area contributed by atoms with Crippen molar-refractivity contribution in [3.05, 3.63) is 107 Å². The minimum absolute atomic E-state index is 0.0665. The number of amides is 2. The molecule has 1 fully saturated rings. The van der Waals surface area contributed by atoms with Crippen molar-refractivity contribution in [2.24, 2.45) is 5.16 Å². The number of fused-ring (bicyclic) bond motifs is 1. The number of β-lactam (4-membered cyclic amide) rings is 1. The zero-order valence-electron chi connectivity index (χ0n) is 26.7. The molecule has 3 aromatic rings. The third-order valence-corrected chi connectivity index (χ3v) is 9.15. The highest BCUT2D eigenvalue weighted by atomic mass is 32.2. The number of hydrogen-bond acceptors (Lipinski definition) is 12. The maximum atomic E-state index is 13.9. The first kappa shape index (κ1) is 34.4. The van der Waals surface area contributed by atoms with E-state index in [1.807, 2.05) is 60.7 Å². The van der Waals surface area contributed by atoms with Crippen LogP contribution in [0.15, 0.2) is 95.1 Å². The Hall–Kier alpha value is -4.95. The van der Waals surface area contributed by atoms with E-state index in [2.05, 4.69) is 22.0 Å². The number of esters is 2. The smallest absolute Gasteiger partial charge is 0.356 e. The first-order chi connectivity index (χ1) is 22.9. The van der Waals surface area contributed by atoms with Crippen molar-refractivity contribution in [2.75, 3.05) is 11.5 Å². The number of ether oxygens (including phenoxy) is 2. The van der Waals surface area contributed by atoms with Gasteiger partial charge in [0.05, 0.1) is 0 Å². The molecule has 1 aromatic heterocycles. The average molecular weight is 690 g/mol. The van der Waals surface area contributed by atoms with Gasteiger partial charge in [-0.3, -0.25) is 14.5 Å². The number of nitrogen functional groups attached to an aromatic ring is 1. The van der Waals surface area contributed by atoms with Gasteiger partial charge in [-0.25, -0.2) is 14.6 Å². The van der Waals surface area contributed by atoms with Crippen LogP contribution in [0.1, 0.15) is 50.6 Å². The standard InChI is InChI=1S/C34H35N5O7S2/c1-6-20-17-47-30-25(37-28(40)24(23-18-48-33(35)36-23)38-46-19(2)31(42)45-34(3,4)5)29(41)39(30)26(20)32(43)44-27(21-13-9-7-10-14-21)22-15-11-8-12-16-22/h6-16,18-19,25,27,30H,1,17H2,2-5H3,(H2,35,36)(H,37,40)/t19?,25?,30-/m0/s1. The first-order valence-electron chi connectivity index (χ1n) is 15.0. The predicted octanol–water partition coefficient (Wildman–Crippen LogP) is 4.35. The molecule has 0 radical (unpaired) electrons. The molecule has 3 heterocycles. The van der Waals surface area contributed by atoms with Crippen molar-refractivity contribution in [1.82, 2.24) is 15.2 Å². The van der Waals surface area contributed by atoms with Crippen molar-refractivity contribution >= 4 is 57.7 Å². The first-order valence-corrected chi connectivity index (χ1v) is 16.9. The third-order valence-electron chi connectivity index (χ3n) is 7.17. The molecule has 0 saturated carbocycles. The summed E-state index contributed by atoms with van der Waals surface area (Å²) in [5.74, 6) is -2.35. The molecule has 2 amide bonds. The van der Waals surface area contributed by atoms with Gasteiger partial charge >= 0.3 is 11.9 Å². The molecule has 14 heteroatoms. The lowest BCUT2D eigenvalue weighted by atomic mass is 10.0. The number of nitrogens with one attached hydrogen (secondary N) is 1. The maximum Gasteiger partial charge on any atom is 0.356 e. The normalized spacial score (nSPS) is 18.4. The number of allylic oxidation sites excluding steroid dienone is 1. The van der Waals surface area contributed by atoms with Crippen LogP contribution in [0, 0.1) is 0 Å². The molecule has 2 aliphatic heterocycles. The van der Waals surface area contributed by atoms with Crippen LogP contribution in [0.4, 0.5) is 5.13 Å². The minimum atomic E-state index is -1.15. The summed E-state index contributed by atoms with van der Waals surface area (Å²) in [6, 6.07) is 17.6. The zero-order valence-corrected chi connectivity index (χ0v) is 28.4. The van der Waals surface area contributed by atoms with E-state index in [0.717, 1.165) is 22.5 Å². The molecule has 48 heavy (non-hydrogen) atoms. The summed E-state index contributed by atoms with van der Waals surface area (Å²) in [6.07, 6.45) is -0.352. The second-order valence-electron chi connectivity index (χ2n) is 11.8. The van der Waals surface area contributed by atoms with Gasteiger partial charge in [0.2, 0.25) is 6.10 Å². The lowest BCUT2D eigenvalue weighted by molar-refractivity contribution is -0.167. The molecule has 3 N–H and O–H groups in total. The molecule has 2 aliphatic rings. The molecule has 0 bridgehead atoms. The van der Waals surface area contributed by atoms with E-state index in [-0.39, 0.29) is 22.2 Å². The highest BCUT2D eigenvalue weighted by Crippen LogP contribution is 2.42. The van der Waals surface area contributed by atoms with Gasteiger partial charge in [-0.2, -0.15) is 0 Å². The number of carbonyl (C=O) groups excluding carboxylic acids is 4. The van der Waals surface area contributed by atoms with Crippen LogP contribution in [-0.4, -0.2) is 68.2 Å². The van der Waals surface area contributed by atoms with Crippen molar-refractivity contribution in [3.63, 3.8) is 0 Å². The van der Waals surface area contributed by atoms with Crippen LogP contribution in [0.2, 0.25) is 0 Å². The average Bonchev–Trinajstić information content (AvgIpc) is 3.50. The Bertz CT molecular complexity index is 1730. The van der Waals surface area contributed by atoms with Gasteiger partial charge in [-0.15, -0.1) is 23.1 Å². The van der Waals surface area contributed by atoms with Gasteiger partial charge in [0.15, 0.2) is 16.9 Å². The highest BCUT2D eigenvalue weighted by Gasteiger charge is 2.54. The molecule has 0 spiro atoms. The number of benzene rings is 2. The van der Waals surface area contributed by atoms with E-state index < -0.39 is 53.0 Å². The van der Waals surface area contributed by atoms with E-state index >= 15 is 0 Å². The SMILES string of the molecule is C=CC1=C(C(=O)OC(c2ccccc2)c2ccccc2)N2C(=O)C(NC(=O)C(=NOC(C)C(=O)OC(C)(C)C)c3csc(N)n3)[C@@H]2SC1. The van der Waals surface area contributed by atoms with Crippen molar-refractivity contribution in [3.8, 4) is 0 Å². The summed E-state index contributed by atoms with van der Waals surface area (Å²) in [6.45, 7) is 10.4. The number of nitrogens with two attached hydrogens (primary N) is 1. The fourth-order valence-electron chi connectivity index (χ4n) is 4.91. The second-order valence-corrected chi connectivity index (χ2v) is 13.8. The number of rotatable bonds is 11. The number of aromatic nitrogens is 1. The monoisotopic (exact) mass is 689 g/mol. The van der Waals surface area contributed by atoms with Crippen LogP contribution < -0.4 is 11.1 Å². The van der Waals surface area contributed by atoms with Gasteiger partial charge in [0.1, 0.15) is 28.4 Å². The molecular formula is C34H35N5O7S2. The molecule has 2 aromatic carbocycles. The quantitative estimate of drug-likeness (QED) is 0.128. The molecule has 3 atom stereocenters. The molecule has 1 saturated heterocycles. The Balaban J connectivity index is 1.35. The Morgan fingerprint density at radius 3 is 2.27 bits per heavy atom. The highest BCUT2D eigenvalue weighted by molar-refractivity contribution is 8.00. The third kappa shape index (κ3) is 7.60. The Morgan fingerprint density at radius 1 is 1.10 bits per heavy atom. The number of thiazole rings is 1. The van der Waals surface area contributed by atoms with Gasteiger partial charge in [0, 0.05) is 11.1 Å². The minimum Gasteiger partial charge on any atom is -0.457 e. The Labute approximate surface area is 286 Å². The number of carbonyl (C=O) groups is 4. The number of thioether (sulfide) groups is 1. The molecule has 250 valence electrons. The van der Waals surface area contributed by atoms with E-state index in [9.17, 15) is 19.2 Å². The lowest BCUT2D eigenvalue weighted by Gasteiger charge is -2.49. The zero-order chi connectivity index (χ0) is 34.6. The summed E-state index contributed by atoms with van der Waals surface area (Å²) >= 11 is 2.43. The van der Waals surface area contributed by atoms with Gasteiger partial charge in [-0.05, 0) is 44.4 Å². The number of oxime groups is 1. The van der Waals surface area contributed by atoms with Crippen LogP contribution in [0.5, 0.6) is 0 Å². The second kappa shape index (κ2) is 14.4. The molecular weight excluding hydrogens is 655 g/mol. The largest absolute Gasteiger partial charge is 0.457 e. The number of anilines is 1. The van der Waals surface area contributed by atoms with E-state index in [4.69, 9.17) is 20.0 Å². The van der Waals surface area contributed by atoms with Crippen LogP contribution in [0.3, 0.4) is 0 Å². The summed E-state index contributed by atoms with van der Waals surface area (Å²) in [4.78, 5) is 64.3. The maximum absolute atomic E-state index is 13.9. The molecule has 12 nitrogen and oxygen atoms in total.